The van der Waals surface area contributed by atoms with E-state index in [9.17, 15) is 9.59 Å². The fourth-order valence-corrected chi connectivity index (χ4v) is 2.00. The molecule has 1 aromatic rings. The lowest BCUT2D eigenvalue weighted by Crippen LogP contribution is -2.35. The Hall–Kier alpha value is -1.60. The molecule has 7 nitrogen and oxygen atoms in total. The molecule has 0 aromatic carbocycles. The number of carbonyl (C=O) groups is 1. The molecule has 1 amide bonds. The molecule has 0 unspecified atom stereocenters. The number of halogens is 1. The number of nitrogens with one attached hydrogen (secondary N) is 1. The highest BCUT2D eigenvalue weighted by atomic mass is 35.5. The minimum Gasteiger partial charge on any atom is -0.383 e. The Morgan fingerprint density at radius 1 is 1.48 bits per heavy atom. The lowest BCUT2D eigenvalue weighted by atomic mass is 10.4. The Balaban J connectivity index is 2.75. The second-order valence-electron chi connectivity index (χ2n) is 4.31. The highest BCUT2D eigenvalue weighted by Gasteiger charge is 2.12. The first-order chi connectivity index (χ1) is 10.0. The van der Waals surface area contributed by atoms with Crippen LogP contribution in [-0.2, 0) is 16.1 Å². The second kappa shape index (κ2) is 8.63. The first-order valence-corrected chi connectivity index (χ1v) is 7.19. The number of likely N-dealkylation sites (N-methyl/N-ethyl adjacent to an activating group) is 1. The minimum absolute atomic E-state index is 0.0217. The van der Waals surface area contributed by atoms with Gasteiger partial charge < -0.3 is 15.0 Å². The van der Waals surface area contributed by atoms with Gasteiger partial charge in [0.25, 0.3) is 5.56 Å². The number of hydrogen-bond donors (Lipinski definition) is 1. The summed E-state index contributed by atoms with van der Waals surface area (Å²) in [6.07, 6.45) is 1.44. The zero-order valence-electron chi connectivity index (χ0n) is 12.6. The van der Waals surface area contributed by atoms with Crippen molar-refractivity contribution in [3.05, 3.63) is 21.6 Å². The Morgan fingerprint density at radius 2 is 2.14 bits per heavy atom. The number of amides is 1. The Labute approximate surface area is 128 Å². The van der Waals surface area contributed by atoms with Gasteiger partial charge in [0.15, 0.2) is 0 Å². The van der Waals surface area contributed by atoms with E-state index in [1.54, 1.807) is 12.0 Å². The van der Waals surface area contributed by atoms with E-state index >= 15 is 0 Å². The SMILES string of the molecule is CCN(CC)C(=O)CNc1cnn(CCOC)c(=O)c1Cl. The number of carbonyl (C=O) groups excluding carboxylic acids is 1. The Kier molecular flexibility index (Phi) is 7.18. The van der Waals surface area contributed by atoms with E-state index in [1.807, 2.05) is 13.8 Å². The summed E-state index contributed by atoms with van der Waals surface area (Å²) in [7, 11) is 1.54. The van der Waals surface area contributed by atoms with Crippen LogP contribution in [-0.4, -0.2) is 53.9 Å². The van der Waals surface area contributed by atoms with Crippen molar-refractivity contribution in [1.29, 1.82) is 0 Å². The van der Waals surface area contributed by atoms with E-state index in [1.165, 1.54) is 10.9 Å². The molecule has 8 heteroatoms. The number of nitrogens with zero attached hydrogens (tertiary/aromatic N) is 3. The van der Waals surface area contributed by atoms with Gasteiger partial charge in [0.05, 0.1) is 31.6 Å². The normalized spacial score (nSPS) is 10.5. The van der Waals surface area contributed by atoms with Gasteiger partial charge in [0.1, 0.15) is 5.02 Å². The molecule has 21 heavy (non-hydrogen) atoms. The summed E-state index contributed by atoms with van der Waals surface area (Å²) in [4.78, 5) is 25.5. The monoisotopic (exact) mass is 316 g/mol. The summed E-state index contributed by atoms with van der Waals surface area (Å²) < 4.78 is 6.12. The van der Waals surface area contributed by atoms with E-state index in [-0.39, 0.29) is 17.5 Å². The van der Waals surface area contributed by atoms with Crippen molar-refractivity contribution in [2.24, 2.45) is 0 Å². The molecular formula is C13H21ClN4O3. The maximum atomic E-state index is 12.0. The van der Waals surface area contributed by atoms with E-state index in [4.69, 9.17) is 16.3 Å². The highest BCUT2D eigenvalue weighted by molar-refractivity contribution is 6.33. The Morgan fingerprint density at radius 3 is 2.71 bits per heavy atom. The molecule has 1 rings (SSSR count). The van der Waals surface area contributed by atoms with Gasteiger partial charge in [-0.3, -0.25) is 9.59 Å². The molecular weight excluding hydrogens is 296 g/mol. The molecule has 0 radical (unpaired) electrons. The predicted octanol–water partition coefficient (Wildman–Crippen LogP) is 0.823. The number of hydrogen-bond acceptors (Lipinski definition) is 5. The molecule has 1 N–H and O–H groups in total. The number of aromatic nitrogens is 2. The predicted molar refractivity (Wildman–Crippen MR) is 81.8 cm³/mol. The number of methoxy groups -OCH3 is 1. The molecule has 0 bridgehead atoms. The molecule has 0 saturated heterocycles. The van der Waals surface area contributed by atoms with Crippen molar-refractivity contribution in [1.82, 2.24) is 14.7 Å². The smallest absolute Gasteiger partial charge is 0.287 e. The van der Waals surface area contributed by atoms with Crippen molar-refractivity contribution in [3.63, 3.8) is 0 Å². The summed E-state index contributed by atoms with van der Waals surface area (Å²) >= 11 is 6.01. The van der Waals surface area contributed by atoms with E-state index in [0.717, 1.165) is 0 Å². The van der Waals surface area contributed by atoms with Gasteiger partial charge in [-0.1, -0.05) is 11.6 Å². The Bertz CT molecular complexity index is 529. The average molecular weight is 317 g/mol. The van der Waals surface area contributed by atoms with E-state index < -0.39 is 5.56 Å². The number of anilines is 1. The van der Waals surface area contributed by atoms with Crippen LogP contribution in [0, 0.1) is 0 Å². The van der Waals surface area contributed by atoms with Crippen molar-refractivity contribution >= 4 is 23.2 Å². The third-order valence-corrected chi connectivity index (χ3v) is 3.40. The molecule has 118 valence electrons. The van der Waals surface area contributed by atoms with Gasteiger partial charge in [0.2, 0.25) is 5.91 Å². The van der Waals surface area contributed by atoms with Crippen molar-refractivity contribution in [2.75, 3.05) is 38.7 Å². The van der Waals surface area contributed by atoms with Crippen LogP contribution in [0.2, 0.25) is 5.02 Å². The van der Waals surface area contributed by atoms with Gasteiger partial charge in [-0.25, -0.2) is 4.68 Å². The largest absolute Gasteiger partial charge is 0.383 e. The first-order valence-electron chi connectivity index (χ1n) is 6.81. The van der Waals surface area contributed by atoms with Gasteiger partial charge >= 0.3 is 0 Å². The summed E-state index contributed by atoms with van der Waals surface area (Å²) in [5.74, 6) is -0.0559. The van der Waals surface area contributed by atoms with Gasteiger partial charge in [-0.15, -0.1) is 0 Å². The molecule has 1 aromatic heterocycles. The van der Waals surface area contributed by atoms with Crippen LogP contribution >= 0.6 is 11.6 Å². The molecule has 0 aliphatic heterocycles. The summed E-state index contributed by atoms with van der Waals surface area (Å²) in [5, 5.41) is 6.87. The van der Waals surface area contributed by atoms with Crippen molar-refractivity contribution < 1.29 is 9.53 Å². The lowest BCUT2D eigenvalue weighted by Gasteiger charge is -2.19. The summed E-state index contributed by atoms with van der Waals surface area (Å²) in [6.45, 7) is 5.87. The third kappa shape index (κ3) is 4.71. The lowest BCUT2D eigenvalue weighted by molar-refractivity contribution is -0.128. The van der Waals surface area contributed by atoms with E-state index in [0.29, 0.717) is 31.9 Å². The van der Waals surface area contributed by atoms with Crippen LogP contribution < -0.4 is 10.9 Å². The quantitative estimate of drug-likeness (QED) is 0.768. The molecule has 1 heterocycles. The topological polar surface area (TPSA) is 76.5 Å². The van der Waals surface area contributed by atoms with Crippen molar-refractivity contribution in [3.8, 4) is 0 Å². The standard InChI is InChI=1S/C13H21ClN4O3/c1-4-17(5-2)11(19)9-15-10-8-16-18(6-7-21-3)13(20)12(10)14/h8,15H,4-7,9H2,1-3H3. The van der Waals surface area contributed by atoms with Crippen LogP contribution in [0.25, 0.3) is 0 Å². The van der Waals surface area contributed by atoms with Gasteiger partial charge in [0, 0.05) is 20.2 Å². The van der Waals surface area contributed by atoms with Crippen LogP contribution in [0.4, 0.5) is 5.69 Å². The zero-order valence-corrected chi connectivity index (χ0v) is 13.3. The number of rotatable bonds is 8. The van der Waals surface area contributed by atoms with Crippen LogP contribution in [0.15, 0.2) is 11.0 Å². The summed E-state index contributed by atoms with van der Waals surface area (Å²) in [6, 6.07) is 0. The van der Waals surface area contributed by atoms with Crippen LogP contribution in [0.3, 0.4) is 0 Å². The third-order valence-electron chi connectivity index (χ3n) is 3.04. The molecule has 0 atom stereocenters. The van der Waals surface area contributed by atoms with Gasteiger partial charge in [-0.05, 0) is 13.8 Å². The fraction of sp³-hybridized carbons (Fsp3) is 0.615. The first kappa shape index (κ1) is 17.5. The molecule has 0 spiro atoms. The fourth-order valence-electron chi connectivity index (χ4n) is 1.78. The molecule has 0 saturated carbocycles. The van der Waals surface area contributed by atoms with E-state index in [2.05, 4.69) is 10.4 Å². The van der Waals surface area contributed by atoms with Crippen molar-refractivity contribution in [2.45, 2.75) is 20.4 Å². The minimum atomic E-state index is -0.408. The maximum Gasteiger partial charge on any atom is 0.287 e. The number of ether oxygens (including phenoxy) is 1. The highest BCUT2D eigenvalue weighted by Crippen LogP contribution is 2.14. The molecule has 0 fully saturated rings. The van der Waals surface area contributed by atoms with Gasteiger partial charge in [-0.2, -0.15) is 5.10 Å². The maximum absolute atomic E-state index is 12.0. The summed E-state index contributed by atoms with van der Waals surface area (Å²) in [5.41, 5.74) is -0.0511. The molecule has 0 aliphatic rings. The average Bonchev–Trinajstić information content (AvgIpc) is 2.49. The van der Waals surface area contributed by atoms with Crippen LogP contribution in [0.5, 0.6) is 0 Å². The molecule has 0 aliphatic carbocycles. The second-order valence-corrected chi connectivity index (χ2v) is 4.69. The van der Waals surface area contributed by atoms with Crippen LogP contribution in [0.1, 0.15) is 13.8 Å². The zero-order chi connectivity index (χ0) is 15.8.